The SMILES string of the molecule is O=Cc1ccc(OC(=O)c2ccc3ccccc3c2)c(Cl)c1. The van der Waals surface area contributed by atoms with Crippen molar-refractivity contribution in [3.63, 3.8) is 0 Å². The Labute approximate surface area is 132 Å². The summed E-state index contributed by atoms with van der Waals surface area (Å²) >= 11 is 6.00. The first kappa shape index (κ1) is 14.3. The molecular weight excluding hydrogens is 300 g/mol. The van der Waals surface area contributed by atoms with Crippen LogP contribution in [0, 0.1) is 0 Å². The van der Waals surface area contributed by atoms with Gasteiger partial charge in [0.1, 0.15) is 12.0 Å². The molecule has 0 unspecified atom stereocenters. The van der Waals surface area contributed by atoms with Crippen LogP contribution < -0.4 is 4.74 Å². The average Bonchev–Trinajstić information content (AvgIpc) is 2.56. The summed E-state index contributed by atoms with van der Waals surface area (Å²) in [5.41, 5.74) is 0.865. The van der Waals surface area contributed by atoms with E-state index in [4.69, 9.17) is 16.3 Å². The second-order valence-corrected chi connectivity index (χ2v) is 5.17. The summed E-state index contributed by atoms with van der Waals surface area (Å²) in [6.45, 7) is 0. The minimum absolute atomic E-state index is 0.221. The molecule has 0 aliphatic carbocycles. The van der Waals surface area contributed by atoms with Crippen LogP contribution in [0.1, 0.15) is 20.7 Å². The monoisotopic (exact) mass is 310 g/mol. The van der Waals surface area contributed by atoms with Gasteiger partial charge in [-0.1, -0.05) is 41.9 Å². The van der Waals surface area contributed by atoms with E-state index in [-0.39, 0.29) is 10.8 Å². The first-order valence-electron chi connectivity index (χ1n) is 6.63. The van der Waals surface area contributed by atoms with Crippen molar-refractivity contribution < 1.29 is 14.3 Å². The highest BCUT2D eigenvalue weighted by atomic mass is 35.5. The number of carbonyl (C=O) groups is 2. The quantitative estimate of drug-likeness (QED) is 0.406. The van der Waals surface area contributed by atoms with Gasteiger partial charge in [-0.25, -0.2) is 4.79 Å². The number of aldehydes is 1. The van der Waals surface area contributed by atoms with Gasteiger partial charge in [0.25, 0.3) is 0 Å². The Morgan fingerprint density at radius 2 is 1.73 bits per heavy atom. The summed E-state index contributed by atoms with van der Waals surface area (Å²) in [5.74, 6) is -0.267. The maximum atomic E-state index is 12.2. The molecule has 108 valence electrons. The van der Waals surface area contributed by atoms with Crippen molar-refractivity contribution >= 4 is 34.6 Å². The third kappa shape index (κ3) is 2.85. The maximum absolute atomic E-state index is 12.2. The fraction of sp³-hybridized carbons (Fsp3) is 0. The number of ether oxygens (including phenoxy) is 1. The molecule has 0 bridgehead atoms. The molecule has 0 amide bonds. The van der Waals surface area contributed by atoms with Crippen molar-refractivity contribution in [1.82, 2.24) is 0 Å². The number of fused-ring (bicyclic) bond motifs is 1. The molecule has 0 heterocycles. The molecule has 0 atom stereocenters. The third-order valence-corrected chi connectivity index (χ3v) is 3.58. The number of halogens is 1. The molecule has 0 fully saturated rings. The largest absolute Gasteiger partial charge is 0.421 e. The zero-order valence-electron chi connectivity index (χ0n) is 11.5. The van der Waals surface area contributed by atoms with E-state index >= 15 is 0 Å². The Bertz CT molecular complexity index is 871. The molecular formula is C18H11ClO3. The molecule has 0 radical (unpaired) electrons. The van der Waals surface area contributed by atoms with Gasteiger partial charge in [0.05, 0.1) is 10.6 Å². The van der Waals surface area contributed by atoms with Crippen LogP contribution in [0.2, 0.25) is 5.02 Å². The number of esters is 1. The predicted molar refractivity (Wildman–Crippen MR) is 85.7 cm³/mol. The first-order chi connectivity index (χ1) is 10.7. The number of benzene rings is 3. The number of carbonyl (C=O) groups excluding carboxylic acids is 2. The standard InChI is InChI=1S/C18H11ClO3/c19-16-9-12(11-20)5-8-17(16)22-18(21)15-7-6-13-3-1-2-4-14(13)10-15/h1-11H. The van der Waals surface area contributed by atoms with Crippen LogP contribution in [0.3, 0.4) is 0 Å². The van der Waals surface area contributed by atoms with E-state index in [9.17, 15) is 9.59 Å². The second kappa shape index (κ2) is 6.00. The summed E-state index contributed by atoms with van der Waals surface area (Å²) in [6.07, 6.45) is 0.681. The van der Waals surface area contributed by atoms with E-state index in [1.165, 1.54) is 12.1 Å². The van der Waals surface area contributed by atoms with Gasteiger partial charge in [0, 0.05) is 5.56 Å². The lowest BCUT2D eigenvalue weighted by atomic mass is 10.1. The Hall–Kier alpha value is -2.65. The Morgan fingerprint density at radius 3 is 2.45 bits per heavy atom. The fourth-order valence-corrected chi connectivity index (χ4v) is 2.38. The molecule has 0 saturated carbocycles. The Balaban J connectivity index is 1.88. The van der Waals surface area contributed by atoms with Gasteiger partial charge in [-0.2, -0.15) is 0 Å². The molecule has 3 nitrogen and oxygen atoms in total. The fourth-order valence-electron chi connectivity index (χ4n) is 2.15. The summed E-state index contributed by atoms with van der Waals surface area (Å²) in [5, 5.41) is 2.23. The molecule has 0 N–H and O–H groups in total. The van der Waals surface area contributed by atoms with Crippen LogP contribution in [0.4, 0.5) is 0 Å². The van der Waals surface area contributed by atoms with Crippen LogP contribution in [0.25, 0.3) is 10.8 Å². The van der Waals surface area contributed by atoms with Gasteiger partial charge in [-0.15, -0.1) is 0 Å². The molecule has 3 rings (SSSR count). The maximum Gasteiger partial charge on any atom is 0.343 e. The van der Waals surface area contributed by atoms with E-state index in [0.29, 0.717) is 17.4 Å². The first-order valence-corrected chi connectivity index (χ1v) is 7.01. The molecule has 4 heteroatoms. The van der Waals surface area contributed by atoms with Gasteiger partial charge < -0.3 is 4.74 Å². The molecule has 0 aromatic heterocycles. The molecule has 0 aliphatic heterocycles. The predicted octanol–water partition coefficient (Wildman–Crippen LogP) is 4.52. The van der Waals surface area contributed by atoms with Gasteiger partial charge in [0.2, 0.25) is 0 Å². The summed E-state index contributed by atoms with van der Waals surface area (Å²) in [4.78, 5) is 22.9. The highest BCUT2D eigenvalue weighted by Crippen LogP contribution is 2.26. The van der Waals surface area contributed by atoms with E-state index in [1.54, 1.807) is 18.2 Å². The molecule has 22 heavy (non-hydrogen) atoms. The van der Waals surface area contributed by atoms with Crippen LogP contribution >= 0.6 is 11.6 Å². The van der Waals surface area contributed by atoms with Gasteiger partial charge in [0.15, 0.2) is 0 Å². The van der Waals surface area contributed by atoms with Crippen LogP contribution in [0.15, 0.2) is 60.7 Å². The van der Waals surface area contributed by atoms with Crippen molar-refractivity contribution in [2.45, 2.75) is 0 Å². The number of rotatable bonds is 3. The van der Waals surface area contributed by atoms with Gasteiger partial charge in [-0.3, -0.25) is 4.79 Å². The van der Waals surface area contributed by atoms with Crippen molar-refractivity contribution in [3.05, 3.63) is 76.8 Å². The topological polar surface area (TPSA) is 43.4 Å². The minimum atomic E-state index is -0.494. The summed E-state index contributed by atoms with van der Waals surface area (Å²) in [7, 11) is 0. The molecule has 0 aliphatic rings. The van der Waals surface area contributed by atoms with Gasteiger partial charge >= 0.3 is 5.97 Å². The lowest BCUT2D eigenvalue weighted by Crippen LogP contribution is -2.08. The van der Waals surface area contributed by atoms with E-state index in [0.717, 1.165) is 10.8 Å². The molecule has 3 aromatic rings. The molecule has 3 aromatic carbocycles. The summed E-state index contributed by atoms with van der Waals surface area (Å²) in [6, 6.07) is 17.6. The van der Waals surface area contributed by atoms with Crippen LogP contribution in [0.5, 0.6) is 5.75 Å². The zero-order chi connectivity index (χ0) is 15.5. The van der Waals surface area contributed by atoms with E-state index < -0.39 is 5.97 Å². The number of hydrogen-bond acceptors (Lipinski definition) is 3. The highest BCUT2D eigenvalue weighted by Gasteiger charge is 2.12. The van der Waals surface area contributed by atoms with Crippen LogP contribution in [-0.2, 0) is 0 Å². The lowest BCUT2D eigenvalue weighted by molar-refractivity contribution is 0.0735. The van der Waals surface area contributed by atoms with Crippen molar-refractivity contribution in [1.29, 1.82) is 0 Å². The van der Waals surface area contributed by atoms with Gasteiger partial charge in [-0.05, 0) is 41.1 Å². The van der Waals surface area contributed by atoms with Crippen LogP contribution in [-0.4, -0.2) is 12.3 Å². The normalized spacial score (nSPS) is 10.4. The smallest absolute Gasteiger partial charge is 0.343 e. The van der Waals surface area contributed by atoms with E-state index in [2.05, 4.69) is 0 Å². The van der Waals surface area contributed by atoms with Crippen molar-refractivity contribution in [3.8, 4) is 5.75 Å². The average molecular weight is 311 g/mol. The summed E-state index contributed by atoms with van der Waals surface area (Å²) < 4.78 is 5.29. The minimum Gasteiger partial charge on any atom is -0.421 e. The highest BCUT2D eigenvalue weighted by molar-refractivity contribution is 6.32. The lowest BCUT2D eigenvalue weighted by Gasteiger charge is -2.07. The van der Waals surface area contributed by atoms with E-state index in [1.807, 2.05) is 30.3 Å². The van der Waals surface area contributed by atoms with Crippen molar-refractivity contribution in [2.75, 3.05) is 0 Å². The van der Waals surface area contributed by atoms with Crippen molar-refractivity contribution in [2.24, 2.45) is 0 Å². The molecule has 0 saturated heterocycles. The third-order valence-electron chi connectivity index (χ3n) is 3.28. The Kier molecular flexibility index (Phi) is 3.90. The second-order valence-electron chi connectivity index (χ2n) is 4.76. The zero-order valence-corrected chi connectivity index (χ0v) is 12.2. The Morgan fingerprint density at radius 1 is 0.955 bits per heavy atom. The molecule has 0 spiro atoms. The number of hydrogen-bond donors (Lipinski definition) is 0.